The molecule has 4 rings (SSSR count). The number of nitrogens with one attached hydrogen (secondary N) is 1. The van der Waals surface area contributed by atoms with Crippen molar-refractivity contribution in [3.8, 4) is 5.75 Å². The first-order chi connectivity index (χ1) is 15.0. The highest BCUT2D eigenvalue weighted by atomic mass is 35.5. The number of benzene rings is 2. The lowest BCUT2D eigenvalue weighted by molar-refractivity contribution is -0.111. The summed E-state index contributed by atoms with van der Waals surface area (Å²) in [6, 6.07) is 11.8. The highest BCUT2D eigenvalue weighted by molar-refractivity contribution is 6.30. The van der Waals surface area contributed by atoms with Gasteiger partial charge >= 0.3 is 0 Å². The standard InChI is InChI=1S/C25H28ClN3O2/c1-3-28-10-12-29(13-11-28)22-6-7-23(18(2)14-22)27-25(30)9-4-19-15-20-16-21(26)5-8-24(20)31-17-19/h4-9,14-16H,3,10-13,17H2,1-2H3,(H,27,30)/b9-4+. The molecule has 2 aliphatic heterocycles. The predicted molar refractivity (Wildman–Crippen MR) is 128 cm³/mol. The monoisotopic (exact) mass is 437 g/mol. The number of ether oxygens (including phenoxy) is 1. The molecule has 162 valence electrons. The van der Waals surface area contributed by atoms with Crippen molar-refractivity contribution in [3.05, 3.63) is 70.3 Å². The summed E-state index contributed by atoms with van der Waals surface area (Å²) >= 11 is 6.06. The van der Waals surface area contributed by atoms with Crippen LogP contribution >= 0.6 is 11.6 Å². The minimum atomic E-state index is -0.162. The number of hydrogen-bond donors (Lipinski definition) is 1. The number of aryl methyl sites for hydroxylation is 1. The number of piperazine rings is 1. The molecule has 0 saturated carbocycles. The second-order valence-corrected chi connectivity index (χ2v) is 8.37. The average Bonchev–Trinajstić information content (AvgIpc) is 2.79. The Hall–Kier alpha value is -2.76. The van der Waals surface area contributed by atoms with Crippen LogP contribution < -0.4 is 15.0 Å². The van der Waals surface area contributed by atoms with E-state index in [1.165, 1.54) is 5.69 Å². The summed E-state index contributed by atoms with van der Waals surface area (Å²) in [6.45, 7) is 10.0. The summed E-state index contributed by atoms with van der Waals surface area (Å²) in [5.41, 5.74) is 4.94. The summed E-state index contributed by atoms with van der Waals surface area (Å²) in [7, 11) is 0. The molecule has 0 bridgehead atoms. The van der Waals surface area contributed by atoms with E-state index in [4.69, 9.17) is 16.3 Å². The lowest BCUT2D eigenvalue weighted by Gasteiger charge is -2.35. The largest absolute Gasteiger partial charge is 0.488 e. The van der Waals surface area contributed by atoms with Crippen LogP contribution in [0, 0.1) is 6.92 Å². The third kappa shape index (κ3) is 5.30. The van der Waals surface area contributed by atoms with Crippen molar-refractivity contribution in [1.82, 2.24) is 4.90 Å². The van der Waals surface area contributed by atoms with Gasteiger partial charge in [-0.25, -0.2) is 0 Å². The maximum Gasteiger partial charge on any atom is 0.248 e. The van der Waals surface area contributed by atoms with E-state index >= 15 is 0 Å². The highest BCUT2D eigenvalue weighted by Crippen LogP contribution is 2.29. The quantitative estimate of drug-likeness (QED) is 0.685. The molecule has 0 radical (unpaired) electrons. The van der Waals surface area contributed by atoms with E-state index in [-0.39, 0.29) is 5.91 Å². The Morgan fingerprint density at radius 2 is 1.97 bits per heavy atom. The normalized spacial score (nSPS) is 16.6. The summed E-state index contributed by atoms with van der Waals surface area (Å²) in [5, 5.41) is 3.64. The van der Waals surface area contributed by atoms with Gasteiger partial charge in [0.2, 0.25) is 5.91 Å². The molecule has 0 aromatic heterocycles. The van der Waals surface area contributed by atoms with E-state index in [1.54, 1.807) is 18.2 Å². The molecule has 0 atom stereocenters. The molecule has 2 aromatic rings. The number of amides is 1. The molecule has 0 spiro atoms. The molecule has 0 aliphatic carbocycles. The Balaban J connectivity index is 1.37. The highest BCUT2D eigenvalue weighted by Gasteiger charge is 2.16. The molecule has 1 fully saturated rings. The fourth-order valence-corrected chi connectivity index (χ4v) is 4.11. The van der Waals surface area contributed by atoms with Crippen LogP contribution in [-0.4, -0.2) is 50.1 Å². The topological polar surface area (TPSA) is 44.8 Å². The number of carbonyl (C=O) groups excluding carboxylic acids is 1. The second-order valence-electron chi connectivity index (χ2n) is 7.93. The Morgan fingerprint density at radius 3 is 2.71 bits per heavy atom. The number of carbonyl (C=O) groups is 1. The predicted octanol–water partition coefficient (Wildman–Crippen LogP) is 4.76. The van der Waals surface area contributed by atoms with Crippen LogP contribution in [0.3, 0.4) is 0 Å². The van der Waals surface area contributed by atoms with Gasteiger partial charge in [-0.05, 0) is 67.1 Å². The van der Waals surface area contributed by atoms with E-state index in [0.29, 0.717) is 11.6 Å². The summed E-state index contributed by atoms with van der Waals surface area (Å²) in [6.07, 6.45) is 5.32. The fraction of sp³-hybridized carbons (Fsp3) is 0.320. The van der Waals surface area contributed by atoms with Crippen LogP contribution in [0.25, 0.3) is 6.08 Å². The first-order valence-electron chi connectivity index (χ1n) is 10.7. The molecule has 1 amide bonds. The van der Waals surface area contributed by atoms with Gasteiger partial charge in [0.15, 0.2) is 0 Å². The zero-order valence-corrected chi connectivity index (χ0v) is 18.8. The first-order valence-corrected chi connectivity index (χ1v) is 11.1. The van der Waals surface area contributed by atoms with Crippen molar-refractivity contribution in [1.29, 1.82) is 0 Å². The van der Waals surface area contributed by atoms with Gasteiger partial charge in [0, 0.05) is 54.2 Å². The minimum absolute atomic E-state index is 0.162. The van der Waals surface area contributed by atoms with E-state index < -0.39 is 0 Å². The average molecular weight is 438 g/mol. The van der Waals surface area contributed by atoms with Gasteiger partial charge in [0.05, 0.1) is 0 Å². The van der Waals surface area contributed by atoms with E-state index in [2.05, 4.69) is 34.2 Å². The Morgan fingerprint density at radius 1 is 1.16 bits per heavy atom. The third-order valence-electron chi connectivity index (χ3n) is 5.81. The fourth-order valence-electron chi connectivity index (χ4n) is 3.93. The van der Waals surface area contributed by atoms with Crippen molar-refractivity contribution in [3.63, 3.8) is 0 Å². The molecule has 1 N–H and O–H groups in total. The molecule has 31 heavy (non-hydrogen) atoms. The molecule has 0 unspecified atom stereocenters. The second kappa shape index (κ2) is 9.58. The number of nitrogens with zero attached hydrogens (tertiary/aromatic N) is 2. The number of fused-ring (bicyclic) bond motifs is 1. The van der Waals surface area contributed by atoms with Gasteiger partial charge in [-0.1, -0.05) is 24.6 Å². The number of likely N-dealkylation sites (N-methyl/N-ethyl adjacent to an activating group) is 1. The van der Waals surface area contributed by atoms with Crippen LogP contribution in [0.2, 0.25) is 5.02 Å². The van der Waals surface area contributed by atoms with Crippen molar-refractivity contribution in [2.45, 2.75) is 13.8 Å². The number of anilines is 2. The van der Waals surface area contributed by atoms with Crippen LogP contribution in [0.1, 0.15) is 18.1 Å². The Labute approximate surface area is 188 Å². The van der Waals surface area contributed by atoms with E-state index in [9.17, 15) is 4.79 Å². The molecule has 2 heterocycles. The smallest absolute Gasteiger partial charge is 0.248 e. The van der Waals surface area contributed by atoms with Gasteiger partial charge in [0.1, 0.15) is 12.4 Å². The molecule has 2 aliphatic rings. The van der Waals surface area contributed by atoms with E-state index in [0.717, 1.165) is 60.9 Å². The van der Waals surface area contributed by atoms with Crippen LogP contribution in [0.4, 0.5) is 11.4 Å². The summed E-state index contributed by atoms with van der Waals surface area (Å²) < 4.78 is 5.73. The van der Waals surface area contributed by atoms with Crippen molar-refractivity contribution in [2.24, 2.45) is 0 Å². The molecule has 2 aromatic carbocycles. The van der Waals surface area contributed by atoms with Crippen molar-refractivity contribution < 1.29 is 9.53 Å². The molecule has 5 nitrogen and oxygen atoms in total. The lowest BCUT2D eigenvalue weighted by Crippen LogP contribution is -2.46. The number of rotatable bonds is 5. The molecular weight excluding hydrogens is 410 g/mol. The van der Waals surface area contributed by atoms with Gasteiger partial charge in [-0.2, -0.15) is 0 Å². The Bertz CT molecular complexity index is 1020. The van der Waals surface area contributed by atoms with Crippen LogP contribution in [0.5, 0.6) is 5.75 Å². The maximum atomic E-state index is 12.5. The minimum Gasteiger partial charge on any atom is -0.488 e. The molecule has 1 saturated heterocycles. The van der Waals surface area contributed by atoms with Gasteiger partial charge < -0.3 is 19.9 Å². The van der Waals surface area contributed by atoms with Gasteiger partial charge in [-0.15, -0.1) is 0 Å². The molecular formula is C25H28ClN3O2. The number of halogens is 1. The number of hydrogen-bond acceptors (Lipinski definition) is 4. The molecule has 6 heteroatoms. The van der Waals surface area contributed by atoms with Crippen LogP contribution in [0.15, 0.2) is 54.1 Å². The first kappa shape index (κ1) is 21.5. The van der Waals surface area contributed by atoms with Gasteiger partial charge in [0.25, 0.3) is 0 Å². The SMILES string of the molecule is CCN1CCN(c2ccc(NC(=O)/C=C/C3=Cc4cc(Cl)ccc4OC3)c(C)c2)CC1. The third-order valence-corrected chi connectivity index (χ3v) is 6.04. The van der Waals surface area contributed by atoms with Gasteiger partial charge in [-0.3, -0.25) is 4.79 Å². The van der Waals surface area contributed by atoms with E-state index in [1.807, 2.05) is 31.2 Å². The Kier molecular flexibility index (Phi) is 6.64. The summed E-state index contributed by atoms with van der Waals surface area (Å²) in [4.78, 5) is 17.3. The zero-order valence-electron chi connectivity index (χ0n) is 18.0. The maximum absolute atomic E-state index is 12.5. The van der Waals surface area contributed by atoms with Crippen LogP contribution in [-0.2, 0) is 4.79 Å². The summed E-state index contributed by atoms with van der Waals surface area (Å²) in [5.74, 6) is 0.642. The lowest BCUT2D eigenvalue weighted by atomic mass is 10.1. The van der Waals surface area contributed by atoms with Crippen molar-refractivity contribution >= 4 is 35.0 Å². The van der Waals surface area contributed by atoms with Crippen molar-refractivity contribution in [2.75, 3.05) is 49.5 Å². The zero-order chi connectivity index (χ0) is 21.8.